The van der Waals surface area contributed by atoms with Crippen LogP contribution in [0.5, 0.6) is 5.75 Å². The van der Waals surface area contributed by atoms with Crippen LogP contribution in [0.4, 0.5) is 13.2 Å². The summed E-state index contributed by atoms with van der Waals surface area (Å²) in [5.74, 6) is -0.115. The predicted octanol–water partition coefficient (Wildman–Crippen LogP) is 9.62. The lowest BCUT2D eigenvalue weighted by atomic mass is 9.83. The second kappa shape index (κ2) is 11.6. The standard InChI is InChI=1S/C35H38F3N3O/c1-4-22(3)33(29-20-26(42-35(36,37)38)19-23-10-6-7-12-28(23)29)27(5-2)31-13-14-32-34(40-31)30(21-39-32)24-15-17-41-16-9-8-11-25(41)18-24/h6-7,10,12-15,19-22,25,39H,4-5,8-9,11,16-18H2,1-3H3/b33-27+. The van der Waals surface area contributed by atoms with Gasteiger partial charge in [0.1, 0.15) is 5.75 Å². The highest BCUT2D eigenvalue weighted by molar-refractivity contribution is 6.03. The number of benzene rings is 2. The maximum atomic E-state index is 13.3. The molecule has 4 heterocycles. The predicted molar refractivity (Wildman–Crippen MR) is 165 cm³/mol. The van der Waals surface area contributed by atoms with Gasteiger partial charge in [-0.1, -0.05) is 57.5 Å². The molecule has 2 aliphatic heterocycles. The summed E-state index contributed by atoms with van der Waals surface area (Å²) in [6, 6.07) is 15.3. The molecule has 4 aromatic rings. The highest BCUT2D eigenvalue weighted by Gasteiger charge is 2.32. The van der Waals surface area contributed by atoms with E-state index in [4.69, 9.17) is 4.98 Å². The molecule has 2 aromatic carbocycles. The Labute approximate surface area is 245 Å². The second-order valence-corrected chi connectivity index (χ2v) is 11.7. The van der Waals surface area contributed by atoms with E-state index in [2.05, 4.69) is 53.7 Å². The Kier molecular flexibility index (Phi) is 7.88. The largest absolute Gasteiger partial charge is 0.573 e. The third-order valence-corrected chi connectivity index (χ3v) is 9.10. The molecule has 0 radical (unpaired) electrons. The first-order chi connectivity index (χ1) is 20.3. The minimum atomic E-state index is -4.77. The fourth-order valence-corrected chi connectivity index (χ4v) is 6.87. The van der Waals surface area contributed by atoms with Gasteiger partial charge in [0.05, 0.1) is 16.7 Å². The lowest BCUT2D eigenvalue weighted by molar-refractivity contribution is -0.274. The fraction of sp³-hybridized carbons (Fsp3) is 0.400. The summed E-state index contributed by atoms with van der Waals surface area (Å²) in [5.41, 5.74) is 8.14. The first kappa shape index (κ1) is 28.5. The Morgan fingerprint density at radius 2 is 1.95 bits per heavy atom. The average Bonchev–Trinajstić information content (AvgIpc) is 3.41. The van der Waals surface area contributed by atoms with E-state index in [0.717, 1.165) is 63.8 Å². The Hall–Kier alpha value is -3.58. The summed E-state index contributed by atoms with van der Waals surface area (Å²) in [5, 5.41) is 1.61. The van der Waals surface area contributed by atoms with E-state index in [9.17, 15) is 13.2 Å². The lowest BCUT2D eigenvalue weighted by Crippen LogP contribution is -2.41. The summed E-state index contributed by atoms with van der Waals surface area (Å²) in [7, 11) is 0. The number of fused-ring (bicyclic) bond motifs is 3. The molecule has 2 atom stereocenters. The number of nitrogens with one attached hydrogen (secondary N) is 1. The molecule has 7 heteroatoms. The minimum absolute atomic E-state index is 0.0889. The molecule has 0 bridgehead atoms. The molecule has 0 spiro atoms. The van der Waals surface area contributed by atoms with Crippen LogP contribution >= 0.6 is 0 Å². The van der Waals surface area contributed by atoms with Crippen molar-refractivity contribution < 1.29 is 17.9 Å². The molecule has 42 heavy (non-hydrogen) atoms. The SMILES string of the molecule is CC/C(=C(\c1cc(OC(F)(F)F)cc2ccccc12)C(C)CC)c1ccc2[nH]cc(C3=CCN4CCCCC4C3)c2n1. The van der Waals surface area contributed by atoms with Crippen molar-refractivity contribution in [3.05, 3.63) is 77.6 Å². The molecule has 1 saturated heterocycles. The van der Waals surface area contributed by atoms with Gasteiger partial charge >= 0.3 is 6.36 Å². The van der Waals surface area contributed by atoms with Gasteiger partial charge in [0, 0.05) is 24.3 Å². The Morgan fingerprint density at radius 1 is 1.12 bits per heavy atom. The summed E-state index contributed by atoms with van der Waals surface area (Å²) in [4.78, 5) is 11.3. The van der Waals surface area contributed by atoms with Gasteiger partial charge in [-0.3, -0.25) is 4.90 Å². The van der Waals surface area contributed by atoms with E-state index in [1.165, 1.54) is 37.4 Å². The van der Waals surface area contributed by atoms with Gasteiger partial charge in [-0.15, -0.1) is 13.2 Å². The van der Waals surface area contributed by atoms with Crippen LogP contribution in [0.2, 0.25) is 0 Å². The minimum Gasteiger partial charge on any atom is -0.406 e. The third kappa shape index (κ3) is 5.59. The molecule has 1 fully saturated rings. The number of allylic oxidation sites excluding steroid dienone is 2. The zero-order chi connectivity index (χ0) is 29.4. The van der Waals surface area contributed by atoms with E-state index in [1.807, 2.05) is 30.3 Å². The zero-order valence-corrected chi connectivity index (χ0v) is 24.5. The van der Waals surface area contributed by atoms with Crippen molar-refractivity contribution in [2.24, 2.45) is 5.92 Å². The number of hydrogen-bond donors (Lipinski definition) is 1. The van der Waals surface area contributed by atoms with E-state index in [0.29, 0.717) is 17.8 Å². The summed E-state index contributed by atoms with van der Waals surface area (Å²) in [6.07, 6.45) is 6.04. The van der Waals surface area contributed by atoms with Crippen molar-refractivity contribution in [1.29, 1.82) is 0 Å². The molecule has 0 amide bonds. The zero-order valence-electron chi connectivity index (χ0n) is 24.5. The van der Waals surface area contributed by atoms with Gasteiger partial charge in [-0.05, 0) is 102 Å². The van der Waals surface area contributed by atoms with Crippen LogP contribution < -0.4 is 4.74 Å². The van der Waals surface area contributed by atoms with Crippen LogP contribution in [0.1, 0.15) is 76.1 Å². The lowest BCUT2D eigenvalue weighted by Gasteiger charge is -2.38. The molecule has 0 aliphatic carbocycles. The maximum Gasteiger partial charge on any atom is 0.573 e. The second-order valence-electron chi connectivity index (χ2n) is 11.7. The Bertz CT molecular complexity index is 1670. The van der Waals surface area contributed by atoms with Crippen molar-refractivity contribution in [2.75, 3.05) is 13.1 Å². The smallest absolute Gasteiger partial charge is 0.406 e. The summed E-state index contributed by atoms with van der Waals surface area (Å²) in [6.45, 7) is 8.51. The van der Waals surface area contributed by atoms with E-state index in [-0.39, 0.29) is 11.7 Å². The van der Waals surface area contributed by atoms with Crippen LogP contribution in [0.25, 0.3) is 38.5 Å². The van der Waals surface area contributed by atoms with Crippen LogP contribution in [0.15, 0.2) is 60.8 Å². The van der Waals surface area contributed by atoms with E-state index in [1.54, 1.807) is 6.07 Å². The number of pyridine rings is 1. The molecule has 4 nitrogen and oxygen atoms in total. The molecular formula is C35H38F3N3O. The number of hydrogen-bond acceptors (Lipinski definition) is 3. The number of alkyl halides is 3. The van der Waals surface area contributed by atoms with Crippen LogP contribution in [-0.4, -0.2) is 40.4 Å². The summed E-state index contributed by atoms with van der Waals surface area (Å²) < 4.78 is 44.5. The monoisotopic (exact) mass is 573 g/mol. The number of nitrogens with zero attached hydrogens (tertiary/aromatic N) is 2. The molecule has 2 unspecified atom stereocenters. The first-order valence-electron chi connectivity index (χ1n) is 15.2. The number of halogens is 3. The van der Waals surface area contributed by atoms with Gasteiger partial charge < -0.3 is 9.72 Å². The quantitative estimate of drug-likeness (QED) is 0.239. The van der Waals surface area contributed by atoms with Gasteiger partial charge in [-0.25, -0.2) is 4.98 Å². The van der Waals surface area contributed by atoms with Gasteiger partial charge in [0.2, 0.25) is 0 Å². The third-order valence-electron chi connectivity index (χ3n) is 9.10. The van der Waals surface area contributed by atoms with Crippen LogP contribution in [-0.2, 0) is 0 Å². The highest BCUT2D eigenvalue weighted by atomic mass is 19.4. The summed E-state index contributed by atoms with van der Waals surface area (Å²) >= 11 is 0. The van der Waals surface area contributed by atoms with Gasteiger partial charge in [0.25, 0.3) is 0 Å². The van der Waals surface area contributed by atoms with Crippen molar-refractivity contribution in [2.45, 2.75) is 71.7 Å². The molecule has 6 rings (SSSR count). The van der Waals surface area contributed by atoms with Crippen molar-refractivity contribution in [1.82, 2.24) is 14.9 Å². The molecule has 2 aromatic heterocycles. The number of rotatable bonds is 7. The molecule has 0 saturated carbocycles. The number of piperidine rings is 1. The molecule has 2 aliphatic rings. The van der Waals surface area contributed by atoms with Gasteiger partial charge in [-0.2, -0.15) is 0 Å². The average molecular weight is 574 g/mol. The highest BCUT2D eigenvalue weighted by Crippen LogP contribution is 2.42. The van der Waals surface area contributed by atoms with Gasteiger partial charge in [0.15, 0.2) is 0 Å². The molecule has 220 valence electrons. The number of aromatic nitrogens is 2. The van der Waals surface area contributed by atoms with E-state index < -0.39 is 6.36 Å². The molecule has 1 N–H and O–H groups in total. The maximum absolute atomic E-state index is 13.3. The Balaban J connectivity index is 1.51. The molecular weight excluding hydrogens is 535 g/mol. The Morgan fingerprint density at radius 3 is 2.74 bits per heavy atom. The number of H-pyrrole nitrogens is 1. The van der Waals surface area contributed by atoms with Crippen molar-refractivity contribution in [3.8, 4) is 5.75 Å². The van der Waals surface area contributed by atoms with Crippen LogP contribution in [0, 0.1) is 5.92 Å². The van der Waals surface area contributed by atoms with Crippen molar-refractivity contribution >= 4 is 38.5 Å². The first-order valence-corrected chi connectivity index (χ1v) is 15.2. The normalized spacial score (nSPS) is 19.4. The number of ether oxygens (including phenoxy) is 1. The van der Waals surface area contributed by atoms with Crippen molar-refractivity contribution in [3.63, 3.8) is 0 Å². The van der Waals surface area contributed by atoms with Crippen LogP contribution in [0.3, 0.4) is 0 Å². The topological polar surface area (TPSA) is 41.1 Å². The fourth-order valence-electron chi connectivity index (χ4n) is 6.87. The van der Waals surface area contributed by atoms with E-state index >= 15 is 0 Å². The number of aromatic amines is 1.